The van der Waals surface area contributed by atoms with Crippen molar-refractivity contribution in [2.24, 2.45) is 5.92 Å². The summed E-state index contributed by atoms with van der Waals surface area (Å²) in [5.41, 5.74) is 4.44. The number of piperidine rings is 1. The first kappa shape index (κ1) is 23.5. The van der Waals surface area contributed by atoms with E-state index in [0.29, 0.717) is 13.2 Å². The van der Waals surface area contributed by atoms with Gasteiger partial charge in [-0.05, 0) is 62.0 Å². The SMILES string of the molecule is Cc1ccc(OCc2nc(CC(=O)NCc3cccc(CN4CCC(C)CC4)c3)cs2)cc1. The average Bonchev–Trinajstić information content (AvgIpc) is 3.26. The Morgan fingerprint density at radius 1 is 1.15 bits per heavy atom. The van der Waals surface area contributed by atoms with Gasteiger partial charge in [0.1, 0.15) is 17.4 Å². The third-order valence-electron chi connectivity index (χ3n) is 6.09. The number of aryl methyl sites for hydroxylation is 1. The molecule has 1 fully saturated rings. The molecule has 0 bridgehead atoms. The first-order valence-corrected chi connectivity index (χ1v) is 12.6. The van der Waals surface area contributed by atoms with Crippen LogP contribution in [0.4, 0.5) is 0 Å². The minimum atomic E-state index is -0.0123. The standard InChI is InChI=1S/C27H33N3O2S/c1-20-6-8-25(9-7-20)32-18-27-29-24(19-33-27)15-26(31)28-16-22-4-3-5-23(14-22)17-30-12-10-21(2)11-13-30/h3-9,14,19,21H,10-13,15-18H2,1-2H3,(H,28,31). The minimum Gasteiger partial charge on any atom is -0.486 e. The number of carbonyl (C=O) groups is 1. The van der Waals surface area contributed by atoms with Crippen molar-refractivity contribution in [1.29, 1.82) is 0 Å². The first-order valence-electron chi connectivity index (χ1n) is 11.7. The number of thiazole rings is 1. The van der Waals surface area contributed by atoms with E-state index in [0.717, 1.165) is 34.5 Å². The molecule has 0 aliphatic carbocycles. The van der Waals surface area contributed by atoms with E-state index in [1.54, 1.807) is 0 Å². The number of carbonyl (C=O) groups excluding carboxylic acids is 1. The van der Waals surface area contributed by atoms with Crippen LogP contribution in [0.1, 0.15) is 47.2 Å². The van der Waals surface area contributed by atoms with Gasteiger partial charge in [-0.15, -0.1) is 11.3 Å². The maximum Gasteiger partial charge on any atom is 0.226 e. The summed E-state index contributed by atoms with van der Waals surface area (Å²) in [5.74, 6) is 1.66. The monoisotopic (exact) mass is 463 g/mol. The van der Waals surface area contributed by atoms with E-state index < -0.39 is 0 Å². The van der Waals surface area contributed by atoms with Crippen LogP contribution in [0.3, 0.4) is 0 Å². The number of amides is 1. The summed E-state index contributed by atoms with van der Waals surface area (Å²) in [4.78, 5) is 19.5. The Morgan fingerprint density at radius 3 is 2.70 bits per heavy atom. The summed E-state index contributed by atoms with van der Waals surface area (Å²) in [6.45, 7) is 8.68. The van der Waals surface area contributed by atoms with Gasteiger partial charge < -0.3 is 10.1 Å². The van der Waals surface area contributed by atoms with E-state index in [-0.39, 0.29) is 12.3 Å². The highest BCUT2D eigenvalue weighted by atomic mass is 32.1. The molecule has 0 saturated carbocycles. The molecule has 2 aromatic carbocycles. The fraction of sp³-hybridized carbons (Fsp3) is 0.407. The fourth-order valence-electron chi connectivity index (χ4n) is 4.02. The maximum absolute atomic E-state index is 12.5. The second kappa shape index (κ2) is 11.4. The van der Waals surface area contributed by atoms with Crippen molar-refractivity contribution in [3.63, 3.8) is 0 Å². The van der Waals surface area contributed by atoms with Crippen LogP contribution >= 0.6 is 11.3 Å². The molecular weight excluding hydrogens is 430 g/mol. The molecule has 4 rings (SSSR count). The average molecular weight is 464 g/mol. The lowest BCUT2D eigenvalue weighted by atomic mass is 9.98. The summed E-state index contributed by atoms with van der Waals surface area (Å²) < 4.78 is 5.79. The topological polar surface area (TPSA) is 54.5 Å². The van der Waals surface area contributed by atoms with Gasteiger partial charge in [-0.1, -0.05) is 48.9 Å². The largest absolute Gasteiger partial charge is 0.486 e. The fourth-order valence-corrected chi connectivity index (χ4v) is 4.73. The van der Waals surface area contributed by atoms with Crippen LogP contribution in [-0.4, -0.2) is 28.9 Å². The molecule has 0 unspecified atom stereocenters. The molecule has 0 spiro atoms. The molecule has 1 aliphatic heterocycles. The van der Waals surface area contributed by atoms with E-state index in [2.05, 4.69) is 53.3 Å². The van der Waals surface area contributed by atoms with E-state index in [1.165, 1.54) is 48.4 Å². The summed E-state index contributed by atoms with van der Waals surface area (Å²) >= 11 is 1.53. The smallest absolute Gasteiger partial charge is 0.226 e. The summed E-state index contributed by atoms with van der Waals surface area (Å²) in [6.07, 6.45) is 2.85. The maximum atomic E-state index is 12.5. The van der Waals surface area contributed by atoms with Gasteiger partial charge >= 0.3 is 0 Å². The van der Waals surface area contributed by atoms with E-state index in [4.69, 9.17) is 4.74 Å². The number of aromatic nitrogens is 1. The molecule has 174 valence electrons. The highest BCUT2D eigenvalue weighted by molar-refractivity contribution is 7.09. The molecule has 6 heteroatoms. The molecule has 1 aliphatic rings. The van der Waals surface area contributed by atoms with Crippen LogP contribution in [0.2, 0.25) is 0 Å². The molecule has 0 atom stereocenters. The number of hydrogen-bond donors (Lipinski definition) is 1. The van der Waals surface area contributed by atoms with Crippen LogP contribution < -0.4 is 10.1 Å². The lowest BCUT2D eigenvalue weighted by Crippen LogP contribution is -2.32. The van der Waals surface area contributed by atoms with Gasteiger partial charge in [0.25, 0.3) is 0 Å². The van der Waals surface area contributed by atoms with Gasteiger partial charge in [0.15, 0.2) is 0 Å². The molecule has 3 aromatic rings. The molecular formula is C27H33N3O2S. The van der Waals surface area contributed by atoms with Gasteiger partial charge in [-0.3, -0.25) is 9.69 Å². The minimum absolute atomic E-state index is 0.0123. The number of ether oxygens (including phenoxy) is 1. The van der Waals surface area contributed by atoms with E-state index in [9.17, 15) is 4.79 Å². The number of rotatable bonds is 9. The van der Waals surface area contributed by atoms with Gasteiger partial charge in [-0.25, -0.2) is 4.98 Å². The zero-order chi connectivity index (χ0) is 23.0. The molecule has 33 heavy (non-hydrogen) atoms. The third-order valence-corrected chi connectivity index (χ3v) is 6.96. The number of nitrogens with zero attached hydrogens (tertiary/aromatic N) is 2. The predicted molar refractivity (Wildman–Crippen MR) is 133 cm³/mol. The Hall–Kier alpha value is -2.70. The summed E-state index contributed by atoms with van der Waals surface area (Å²) in [6, 6.07) is 16.5. The number of likely N-dealkylation sites (tertiary alicyclic amines) is 1. The van der Waals surface area contributed by atoms with Crippen molar-refractivity contribution in [2.45, 2.75) is 52.8 Å². The summed E-state index contributed by atoms with van der Waals surface area (Å²) in [7, 11) is 0. The zero-order valence-corrected chi connectivity index (χ0v) is 20.4. The van der Waals surface area contributed by atoms with Crippen molar-refractivity contribution < 1.29 is 9.53 Å². The Kier molecular flexibility index (Phi) is 8.13. The van der Waals surface area contributed by atoms with Crippen molar-refractivity contribution >= 4 is 17.2 Å². The van der Waals surface area contributed by atoms with Crippen molar-refractivity contribution in [3.05, 3.63) is 81.3 Å². The second-order valence-corrected chi connectivity index (χ2v) is 10.0. The van der Waals surface area contributed by atoms with Crippen LogP contribution in [-0.2, 0) is 30.9 Å². The number of nitrogens with one attached hydrogen (secondary N) is 1. The highest BCUT2D eigenvalue weighted by Crippen LogP contribution is 2.19. The van der Waals surface area contributed by atoms with Crippen molar-refractivity contribution in [1.82, 2.24) is 15.2 Å². The van der Waals surface area contributed by atoms with Crippen LogP contribution in [0.5, 0.6) is 5.75 Å². The molecule has 1 amide bonds. The van der Waals surface area contributed by atoms with Gasteiger partial charge in [0, 0.05) is 18.5 Å². The van der Waals surface area contributed by atoms with Gasteiger partial charge in [-0.2, -0.15) is 0 Å². The number of hydrogen-bond acceptors (Lipinski definition) is 5. The van der Waals surface area contributed by atoms with Crippen molar-refractivity contribution in [2.75, 3.05) is 13.1 Å². The Bertz CT molecular complexity index is 1040. The van der Waals surface area contributed by atoms with Crippen LogP contribution in [0, 0.1) is 12.8 Å². The zero-order valence-electron chi connectivity index (χ0n) is 19.5. The summed E-state index contributed by atoms with van der Waals surface area (Å²) in [5, 5.41) is 5.85. The molecule has 0 radical (unpaired) electrons. The number of benzene rings is 2. The molecule has 1 aromatic heterocycles. The molecule has 2 heterocycles. The lowest BCUT2D eigenvalue weighted by molar-refractivity contribution is -0.120. The van der Waals surface area contributed by atoms with Crippen LogP contribution in [0.15, 0.2) is 53.9 Å². The van der Waals surface area contributed by atoms with E-state index >= 15 is 0 Å². The van der Waals surface area contributed by atoms with Crippen LogP contribution in [0.25, 0.3) is 0 Å². The van der Waals surface area contributed by atoms with E-state index in [1.807, 2.05) is 29.6 Å². The lowest BCUT2D eigenvalue weighted by Gasteiger charge is -2.30. The molecule has 1 saturated heterocycles. The normalized spacial score (nSPS) is 14.8. The highest BCUT2D eigenvalue weighted by Gasteiger charge is 2.15. The Labute approximate surface area is 200 Å². The first-order chi connectivity index (χ1) is 16.0. The molecule has 1 N–H and O–H groups in total. The second-order valence-electron chi connectivity index (χ2n) is 9.07. The quantitative estimate of drug-likeness (QED) is 0.478. The van der Waals surface area contributed by atoms with Crippen molar-refractivity contribution in [3.8, 4) is 5.75 Å². The Balaban J connectivity index is 1.21. The predicted octanol–water partition coefficient (Wildman–Crippen LogP) is 5.12. The molecule has 5 nitrogen and oxygen atoms in total. The van der Waals surface area contributed by atoms with Gasteiger partial charge in [0.2, 0.25) is 5.91 Å². The van der Waals surface area contributed by atoms with Gasteiger partial charge in [0.05, 0.1) is 12.1 Å². The third kappa shape index (κ3) is 7.41. The Morgan fingerprint density at radius 2 is 1.91 bits per heavy atom.